The van der Waals surface area contributed by atoms with Crippen molar-refractivity contribution in [2.24, 2.45) is 0 Å². The number of carbonyl (C=O) groups excluding carboxylic acids is 2. The second kappa shape index (κ2) is 8.04. The molecule has 0 bridgehead atoms. The number of ether oxygens (including phenoxy) is 1. The normalized spacial score (nSPS) is 11.7. The Kier molecular flexibility index (Phi) is 5.55. The molecule has 0 saturated heterocycles. The fourth-order valence-corrected chi connectivity index (χ4v) is 2.55. The van der Waals surface area contributed by atoms with Gasteiger partial charge in [-0.05, 0) is 47.7 Å². The third-order valence-electron chi connectivity index (χ3n) is 3.56. The Morgan fingerprint density at radius 1 is 1.26 bits per heavy atom. The van der Waals surface area contributed by atoms with Gasteiger partial charge in [-0.15, -0.1) is 5.10 Å². The van der Waals surface area contributed by atoms with Crippen LogP contribution in [-0.4, -0.2) is 38.2 Å². The van der Waals surface area contributed by atoms with E-state index < -0.39 is 23.8 Å². The average Bonchev–Trinajstić information content (AvgIpc) is 3.18. The zero-order chi connectivity index (χ0) is 19.4. The van der Waals surface area contributed by atoms with Gasteiger partial charge in [-0.3, -0.25) is 4.79 Å². The fourth-order valence-electron chi connectivity index (χ4n) is 2.22. The number of carbonyl (C=O) groups is 2. The summed E-state index contributed by atoms with van der Waals surface area (Å²) in [6.45, 7) is 1.39. The molecule has 0 saturated carbocycles. The van der Waals surface area contributed by atoms with Crippen LogP contribution in [-0.2, 0) is 9.53 Å². The quantitative estimate of drug-likeness (QED) is 0.621. The zero-order valence-corrected chi connectivity index (χ0v) is 15.6. The first-order valence-electron chi connectivity index (χ1n) is 7.75. The van der Waals surface area contributed by atoms with E-state index in [0.717, 1.165) is 0 Å². The van der Waals surface area contributed by atoms with Gasteiger partial charge in [-0.2, -0.15) is 4.68 Å². The van der Waals surface area contributed by atoms with Crippen molar-refractivity contribution in [2.45, 2.75) is 13.0 Å². The summed E-state index contributed by atoms with van der Waals surface area (Å²) >= 11 is 3.14. The molecule has 0 aliphatic carbocycles. The van der Waals surface area contributed by atoms with Crippen LogP contribution in [0, 0.1) is 5.82 Å². The van der Waals surface area contributed by atoms with Crippen LogP contribution in [0.1, 0.15) is 17.3 Å². The van der Waals surface area contributed by atoms with Gasteiger partial charge in [0.2, 0.25) is 0 Å². The van der Waals surface area contributed by atoms with Crippen molar-refractivity contribution in [1.82, 2.24) is 20.2 Å². The van der Waals surface area contributed by atoms with Crippen molar-refractivity contribution >= 4 is 33.5 Å². The Hall–Kier alpha value is -3.14. The Morgan fingerprint density at radius 2 is 2.04 bits per heavy atom. The minimum absolute atomic E-state index is 0.0137. The van der Waals surface area contributed by atoms with Gasteiger partial charge in [0, 0.05) is 4.47 Å². The molecule has 1 atom stereocenters. The molecule has 1 unspecified atom stereocenters. The summed E-state index contributed by atoms with van der Waals surface area (Å²) < 4.78 is 20.9. The number of anilines is 1. The lowest BCUT2D eigenvalue weighted by molar-refractivity contribution is -0.123. The van der Waals surface area contributed by atoms with Gasteiger partial charge < -0.3 is 10.1 Å². The summed E-state index contributed by atoms with van der Waals surface area (Å²) in [6, 6.07) is 10.7. The van der Waals surface area contributed by atoms with Gasteiger partial charge in [0.05, 0.1) is 16.9 Å². The zero-order valence-electron chi connectivity index (χ0n) is 14.0. The van der Waals surface area contributed by atoms with Gasteiger partial charge in [-0.1, -0.05) is 28.1 Å². The van der Waals surface area contributed by atoms with Crippen LogP contribution in [0.15, 0.2) is 53.3 Å². The number of nitrogens with zero attached hydrogens (tertiary/aromatic N) is 4. The van der Waals surface area contributed by atoms with E-state index in [9.17, 15) is 14.0 Å². The number of hydrogen-bond donors (Lipinski definition) is 1. The lowest BCUT2D eigenvalue weighted by Crippen LogP contribution is -2.30. The van der Waals surface area contributed by atoms with E-state index >= 15 is 0 Å². The molecular formula is C17H13BrFN5O3. The number of hydrogen-bond acceptors (Lipinski definition) is 6. The first kappa shape index (κ1) is 18.6. The van der Waals surface area contributed by atoms with Gasteiger partial charge in [0.1, 0.15) is 12.1 Å². The molecule has 1 aromatic heterocycles. The third-order valence-corrected chi connectivity index (χ3v) is 4.06. The highest BCUT2D eigenvalue weighted by molar-refractivity contribution is 9.10. The van der Waals surface area contributed by atoms with Crippen LogP contribution in [0.2, 0.25) is 0 Å². The summed E-state index contributed by atoms with van der Waals surface area (Å²) in [7, 11) is 0. The standard InChI is InChI=1S/C17H13BrFN5O3/c1-10(16(25)21-14-7-6-11(18)8-13(14)19)27-17(26)12-4-2-3-5-15(12)24-9-20-22-23-24/h2-10H,1H3,(H,21,25). The first-order chi connectivity index (χ1) is 13.0. The van der Waals surface area contributed by atoms with Crippen molar-refractivity contribution in [3.8, 4) is 5.69 Å². The predicted octanol–water partition coefficient (Wildman–Crippen LogP) is 2.75. The molecule has 27 heavy (non-hydrogen) atoms. The number of para-hydroxylation sites is 1. The molecule has 3 rings (SSSR count). The Labute approximate surface area is 161 Å². The molecule has 0 spiro atoms. The van der Waals surface area contributed by atoms with Crippen LogP contribution in [0.4, 0.5) is 10.1 Å². The van der Waals surface area contributed by atoms with Crippen molar-refractivity contribution in [3.05, 3.63) is 64.6 Å². The van der Waals surface area contributed by atoms with Crippen LogP contribution in [0.25, 0.3) is 5.69 Å². The molecule has 10 heteroatoms. The van der Waals surface area contributed by atoms with E-state index in [2.05, 4.69) is 36.8 Å². The summed E-state index contributed by atoms with van der Waals surface area (Å²) in [5.41, 5.74) is 0.568. The molecule has 0 aliphatic heterocycles. The minimum Gasteiger partial charge on any atom is -0.449 e. The Bertz CT molecular complexity index is 980. The first-order valence-corrected chi connectivity index (χ1v) is 8.54. The van der Waals surface area contributed by atoms with Gasteiger partial charge >= 0.3 is 5.97 Å². The fraction of sp³-hybridized carbons (Fsp3) is 0.118. The summed E-state index contributed by atoms with van der Waals surface area (Å²) in [6.07, 6.45) is 0.181. The highest BCUT2D eigenvalue weighted by Crippen LogP contribution is 2.20. The molecule has 1 amide bonds. The van der Waals surface area contributed by atoms with Crippen molar-refractivity contribution in [2.75, 3.05) is 5.32 Å². The van der Waals surface area contributed by atoms with Crippen molar-refractivity contribution < 1.29 is 18.7 Å². The number of rotatable bonds is 5. The number of esters is 1. The SMILES string of the molecule is CC(OC(=O)c1ccccc1-n1cnnn1)C(=O)Nc1ccc(Br)cc1F. The maximum absolute atomic E-state index is 13.8. The predicted molar refractivity (Wildman–Crippen MR) is 96.8 cm³/mol. The van der Waals surface area contributed by atoms with Crippen LogP contribution in [0.5, 0.6) is 0 Å². The molecule has 2 aromatic carbocycles. The van der Waals surface area contributed by atoms with Gasteiger partial charge in [0.25, 0.3) is 5.91 Å². The maximum atomic E-state index is 13.8. The van der Waals surface area contributed by atoms with Crippen LogP contribution in [0.3, 0.4) is 0 Å². The molecule has 0 fully saturated rings. The van der Waals surface area contributed by atoms with E-state index in [1.807, 2.05) is 0 Å². The second-order valence-electron chi connectivity index (χ2n) is 5.43. The van der Waals surface area contributed by atoms with E-state index in [-0.39, 0.29) is 11.3 Å². The topological polar surface area (TPSA) is 99.0 Å². The van der Waals surface area contributed by atoms with Crippen molar-refractivity contribution in [3.63, 3.8) is 0 Å². The van der Waals surface area contributed by atoms with E-state index in [4.69, 9.17) is 4.74 Å². The Balaban J connectivity index is 1.72. The molecule has 138 valence electrons. The maximum Gasteiger partial charge on any atom is 0.341 e. The highest BCUT2D eigenvalue weighted by Gasteiger charge is 2.22. The molecule has 0 radical (unpaired) electrons. The monoisotopic (exact) mass is 433 g/mol. The average molecular weight is 434 g/mol. The van der Waals surface area contributed by atoms with Crippen LogP contribution < -0.4 is 5.32 Å². The molecule has 8 nitrogen and oxygen atoms in total. The summed E-state index contributed by atoms with van der Waals surface area (Å²) in [5, 5.41) is 13.2. The molecular weight excluding hydrogens is 421 g/mol. The summed E-state index contributed by atoms with van der Waals surface area (Å²) in [4.78, 5) is 24.7. The smallest absolute Gasteiger partial charge is 0.341 e. The number of halogens is 2. The molecule has 1 heterocycles. The largest absolute Gasteiger partial charge is 0.449 e. The van der Waals surface area contributed by atoms with Gasteiger partial charge in [-0.25, -0.2) is 9.18 Å². The lowest BCUT2D eigenvalue weighted by atomic mass is 10.2. The number of tetrazole rings is 1. The summed E-state index contributed by atoms with van der Waals surface area (Å²) in [5.74, 6) is -2.01. The number of benzene rings is 2. The third kappa shape index (κ3) is 4.34. The minimum atomic E-state index is -1.15. The van der Waals surface area contributed by atoms with Crippen molar-refractivity contribution in [1.29, 1.82) is 0 Å². The van der Waals surface area contributed by atoms with E-state index in [1.54, 1.807) is 24.3 Å². The molecule has 1 N–H and O–H groups in total. The Morgan fingerprint density at radius 3 is 2.74 bits per heavy atom. The lowest BCUT2D eigenvalue weighted by Gasteiger charge is -2.15. The van der Waals surface area contributed by atoms with Gasteiger partial charge in [0.15, 0.2) is 6.10 Å². The second-order valence-corrected chi connectivity index (χ2v) is 6.35. The van der Waals surface area contributed by atoms with E-state index in [1.165, 1.54) is 36.1 Å². The highest BCUT2D eigenvalue weighted by atomic mass is 79.9. The van der Waals surface area contributed by atoms with E-state index in [0.29, 0.717) is 10.2 Å². The number of nitrogens with one attached hydrogen (secondary N) is 1. The van der Waals surface area contributed by atoms with Crippen LogP contribution >= 0.6 is 15.9 Å². The number of aromatic nitrogens is 4. The molecule has 3 aromatic rings. The number of amides is 1. The molecule has 0 aliphatic rings.